The van der Waals surface area contributed by atoms with Gasteiger partial charge in [-0.1, -0.05) is 25.5 Å². The lowest BCUT2D eigenvalue weighted by atomic mass is 10.1. The molecule has 0 bridgehead atoms. The number of benzene rings is 1. The summed E-state index contributed by atoms with van der Waals surface area (Å²) in [7, 11) is 0. The van der Waals surface area contributed by atoms with Crippen molar-refractivity contribution in [2.24, 2.45) is 10.7 Å². The standard InChI is InChI=1S/C18H27F3N4O3/c1-5-8-12(24-16(26)28-17(2,3)4)11-23-15(22)25-13-9-6-7-10-14(13)27-18(19,20)21/h6-7,9-10,12H,5,8,11H2,1-4H3,(H,24,26)(H3,22,23,25). The van der Waals surface area contributed by atoms with E-state index in [0.29, 0.717) is 6.42 Å². The van der Waals surface area contributed by atoms with E-state index in [1.54, 1.807) is 20.8 Å². The molecular weight excluding hydrogens is 377 g/mol. The van der Waals surface area contributed by atoms with Gasteiger partial charge in [0.1, 0.15) is 5.60 Å². The highest BCUT2D eigenvalue weighted by Gasteiger charge is 2.32. The van der Waals surface area contributed by atoms with Gasteiger partial charge >= 0.3 is 12.5 Å². The molecule has 1 rings (SSSR count). The maximum Gasteiger partial charge on any atom is 0.573 e. The molecular formula is C18H27F3N4O3. The number of anilines is 1. The van der Waals surface area contributed by atoms with Crippen molar-refractivity contribution < 1.29 is 27.4 Å². The van der Waals surface area contributed by atoms with Gasteiger partial charge in [0, 0.05) is 0 Å². The van der Waals surface area contributed by atoms with Gasteiger partial charge in [0.15, 0.2) is 11.7 Å². The van der Waals surface area contributed by atoms with Crippen LogP contribution in [0.4, 0.5) is 23.7 Å². The normalized spacial score (nSPS) is 13.6. The molecule has 7 nitrogen and oxygen atoms in total. The fourth-order valence-corrected chi connectivity index (χ4v) is 2.20. The van der Waals surface area contributed by atoms with Crippen LogP contribution >= 0.6 is 0 Å². The number of nitrogens with zero attached hydrogens (tertiary/aromatic N) is 1. The van der Waals surface area contributed by atoms with Gasteiger partial charge < -0.3 is 25.8 Å². The first-order valence-corrected chi connectivity index (χ1v) is 8.81. The average Bonchev–Trinajstić information content (AvgIpc) is 2.51. The van der Waals surface area contributed by atoms with Crippen LogP contribution in [0.1, 0.15) is 40.5 Å². The number of carbonyl (C=O) groups excluding carboxylic acids is 1. The number of para-hydroxylation sites is 2. The van der Waals surface area contributed by atoms with E-state index in [2.05, 4.69) is 20.4 Å². The molecule has 28 heavy (non-hydrogen) atoms. The van der Waals surface area contributed by atoms with Crippen molar-refractivity contribution in [1.29, 1.82) is 0 Å². The van der Waals surface area contributed by atoms with Crippen LogP contribution in [0.15, 0.2) is 29.3 Å². The topological polar surface area (TPSA) is 98.0 Å². The van der Waals surface area contributed by atoms with Crippen molar-refractivity contribution in [1.82, 2.24) is 5.32 Å². The van der Waals surface area contributed by atoms with Crippen molar-refractivity contribution >= 4 is 17.7 Å². The number of ether oxygens (including phenoxy) is 2. The van der Waals surface area contributed by atoms with Crippen LogP contribution in [0, 0.1) is 0 Å². The first-order chi connectivity index (χ1) is 12.9. The molecule has 158 valence electrons. The highest BCUT2D eigenvalue weighted by atomic mass is 19.4. The van der Waals surface area contributed by atoms with Gasteiger partial charge in [-0.15, -0.1) is 13.2 Å². The second-order valence-corrected chi connectivity index (χ2v) is 7.03. The van der Waals surface area contributed by atoms with E-state index < -0.39 is 23.8 Å². The molecule has 1 amide bonds. The number of nitrogens with two attached hydrogens (primary N) is 1. The predicted octanol–water partition coefficient (Wildman–Crippen LogP) is 4.01. The largest absolute Gasteiger partial charge is 0.573 e. The molecule has 4 N–H and O–H groups in total. The molecule has 0 aliphatic carbocycles. The van der Waals surface area contributed by atoms with Crippen molar-refractivity contribution in [3.05, 3.63) is 24.3 Å². The third-order valence-corrected chi connectivity index (χ3v) is 3.22. The second kappa shape index (κ2) is 10.0. The number of amides is 1. The number of aliphatic imine (C=N–C) groups is 1. The zero-order chi connectivity index (χ0) is 21.4. The van der Waals surface area contributed by atoms with Crippen LogP contribution < -0.4 is 21.1 Å². The molecule has 1 atom stereocenters. The Hall–Kier alpha value is -2.65. The maximum absolute atomic E-state index is 12.5. The number of nitrogens with one attached hydrogen (secondary N) is 2. The Morgan fingerprint density at radius 3 is 2.46 bits per heavy atom. The lowest BCUT2D eigenvalue weighted by Gasteiger charge is -2.23. The highest BCUT2D eigenvalue weighted by Crippen LogP contribution is 2.29. The SMILES string of the molecule is CCCC(CN=C(N)Nc1ccccc1OC(F)(F)F)NC(=O)OC(C)(C)C. The molecule has 0 spiro atoms. The highest BCUT2D eigenvalue weighted by molar-refractivity contribution is 5.93. The summed E-state index contributed by atoms with van der Waals surface area (Å²) in [5.41, 5.74) is 5.16. The molecule has 0 fully saturated rings. The number of guanidine groups is 1. The smallest absolute Gasteiger partial charge is 0.444 e. The third-order valence-electron chi connectivity index (χ3n) is 3.22. The minimum atomic E-state index is -4.83. The lowest BCUT2D eigenvalue weighted by Crippen LogP contribution is -2.41. The fourth-order valence-electron chi connectivity index (χ4n) is 2.20. The summed E-state index contributed by atoms with van der Waals surface area (Å²) in [4.78, 5) is 16.0. The summed E-state index contributed by atoms with van der Waals surface area (Å²) in [6.45, 7) is 7.33. The summed E-state index contributed by atoms with van der Waals surface area (Å²) in [5, 5.41) is 5.29. The number of alkyl halides is 3. The summed E-state index contributed by atoms with van der Waals surface area (Å²) >= 11 is 0. The van der Waals surface area contributed by atoms with E-state index in [0.717, 1.165) is 12.5 Å². The van der Waals surface area contributed by atoms with E-state index in [-0.39, 0.29) is 24.2 Å². The summed E-state index contributed by atoms with van der Waals surface area (Å²) < 4.78 is 46.6. The number of alkyl carbamates (subject to hydrolysis) is 1. The summed E-state index contributed by atoms with van der Waals surface area (Å²) in [6, 6.07) is 5.14. The molecule has 0 saturated carbocycles. The summed E-state index contributed by atoms with van der Waals surface area (Å²) in [5.74, 6) is -0.532. The Labute approximate surface area is 162 Å². The van der Waals surface area contributed by atoms with Crippen LogP contribution in [0.3, 0.4) is 0 Å². The number of rotatable bonds is 7. The fraction of sp³-hybridized carbons (Fsp3) is 0.556. The van der Waals surface area contributed by atoms with E-state index in [1.807, 2.05) is 6.92 Å². The number of hydrogen-bond donors (Lipinski definition) is 3. The van der Waals surface area contributed by atoms with Crippen LogP contribution in [-0.2, 0) is 4.74 Å². The number of hydrogen-bond acceptors (Lipinski definition) is 4. The number of carbonyl (C=O) groups is 1. The Morgan fingerprint density at radius 2 is 1.89 bits per heavy atom. The third kappa shape index (κ3) is 9.89. The van der Waals surface area contributed by atoms with Gasteiger partial charge in [-0.2, -0.15) is 0 Å². The van der Waals surface area contributed by atoms with E-state index >= 15 is 0 Å². The van der Waals surface area contributed by atoms with Gasteiger partial charge in [0.2, 0.25) is 0 Å². The molecule has 0 heterocycles. The van der Waals surface area contributed by atoms with Crippen molar-refractivity contribution in [3.8, 4) is 5.75 Å². The summed E-state index contributed by atoms with van der Waals surface area (Å²) in [6.07, 6.45) is -3.99. The van der Waals surface area contributed by atoms with Crippen LogP contribution in [0.25, 0.3) is 0 Å². The minimum absolute atomic E-state index is 0.0215. The Bertz CT molecular complexity index is 673. The molecule has 0 radical (unpaired) electrons. The minimum Gasteiger partial charge on any atom is -0.444 e. The first-order valence-electron chi connectivity index (χ1n) is 8.81. The molecule has 0 aliphatic rings. The second-order valence-electron chi connectivity index (χ2n) is 7.03. The van der Waals surface area contributed by atoms with Gasteiger partial charge in [-0.25, -0.2) is 4.79 Å². The quantitative estimate of drug-likeness (QED) is 0.471. The lowest BCUT2D eigenvalue weighted by molar-refractivity contribution is -0.274. The first kappa shape index (κ1) is 23.4. The maximum atomic E-state index is 12.5. The monoisotopic (exact) mass is 404 g/mol. The zero-order valence-electron chi connectivity index (χ0n) is 16.4. The molecule has 0 aromatic heterocycles. The molecule has 10 heteroatoms. The molecule has 1 aromatic rings. The molecule has 0 aliphatic heterocycles. The van der Waals surface area contributed by atoms with Gasteiger partial charge in [0.05, 0.1) is 18.3 Å². The van der Waals surface area contributed by atoms with Crippen LogP contribution in [0.2, 0.25) is 0 Å². The van der Waals surface area contributed by atoms with Gasteiger partial charge in [-0.3, -0.25) is 4.99 Å². The van der Waals surface area contributed by atoms with Crippen molar-refractivity contribution in [2.45, 2.75) is 58.5 Å². The van der Waals surface area contributed by atoms with E-state index in [4.69, 9.17) is 10.5 Å². The molecule has 1 aromatic carbocycles. The molecule has 0 saturated heterocycles. The van der Waals surface area contributed by atoms with Gasteiger partial charge in [0.25, 0.3) is 0 Å². The average molecular weight is 404 g/mol. The zero-order valence-corrected chi connectivity index (χ0v) is 16.4. The van der Waals surface area contributed by atoms with Crippen LogP contribution in [-0.4, -0.2) is 36.6 Å². The predicted molar refractivity (Wildman–Crippen MR) is 101 cm³/mol. The van der Waals surface area contributed by atoms with Crippen molar-refractivity contribution in [2.75, 3.05) is 11.9 Å². The van der Waals surface area contributed by atoms with Gasteiger partial charge in [-0.05, 0) is 39.3 Å². The Kier molecular flexibility index (Phi) is 8.39. The van der Waals surface area contributed by atoms with E-state index in [1.165, 1.54) is 18.2 Å². The molecule has 1 unspecified atom stereocenters. The van der Waals surface area contributed by atoms with Crippen molar-refractivity contribution in [3.63, 3.8) is 0 Å². The number of halogens is 3. The Balaban J connectivity index is 2.75. The van der Waals surface area contributed by atoms with E-state index in [9.17, 15) is 18.0 Å². The van der Waals surface area contributed by atoms with Crippen LogP contribution in [0.5, 0.6) is 5.75 Å². The Morgan fingerprint density at radius 1 is 1.25 bits per heavy atom.